The van der Waals surface area contributed by atoms with Crippen molar-refractivity contribution in [1.29, 1.82) is 0 Å². The number of hydrogen-bond acceptors (Lipinski definition) is 3. The Labute approximate surface area is 68.0 Å². The summed E-state index contributed by atoms with van der Waals surface area (Å²) in [4.78, 5) is 20.3. The average Bonchev–Trinajstić information content (AvgIpc) is 1.98. The Morgan fingerprint density at radius 2 is 1.83 bits per heavy atom. The lowest BCUT2D eigenvalue weighted by molar-refractivity contribution is -0.144. The zero-order valence-electron chi connectivity index (χ0n) is 6.24. The highest BCUT2D eigenvalue weighted by molar-refractivity contribution is 5.75. The highest BCUT2D eigenvalue weighted by Crippen LogP contribution is 2.06. The van der Waals surface area contributed by atoms with Gasteiger partial charge in [0.25, 0.3) is 0 Å². The smallest absolute Gasteiger partial charge is 0.320 e. The second kappa shape index (κ2) is 4.66. The van der Waals surface area contributed by atoms with Gasteiger partial charge >= 0.3 is 11.9 Å². The zero-order valence-corrected chi connectivity index (χ0v) is 6.24. The maximum Gasteiger partial charge on any atom is 0.320 e. The van der Waals surface area contributed by atoms with E-state index in [-0.39, 0.29) is 6.42 Å². The van der Waals surface area contributed by atoms with E-state index in [0.717, 1.165) is 0 Å². The summed E-state index contributed by atoms with van der Waals surface area (Å²) in [6.07, 6.45) is -0.388. The van der Waals surface area contributed by atoms with E-state index >= 15 is 0 Å². The van der Waals surface area contributed by atoms with Crippen LogP contribution in [0.1, 0.15) is 6.42 Å². The number of carboxylic acid groups (broad SMARTS) is 2. The molecule has 0 aliphatic carbocycles. The molecule has 2 atom stereocenters. The number of alkyl halides is 1. The van der Waals surface area contributed by atoms with E-state index in [2.05, 4.69) is 0 Å². The van der Waals surface area contributed by atoms with Crippen LogP contribution in [0.4, 0.5) is 4.39 Å². The third kappa shape index (κ3) is 3.29. The fourth-order valence-corrected chi connectivity index (χ4v) is 0.637. The van der Waals surface area contributed by atoms with Gasteiger partial charge in [-0.3, -0.25) is 14.0 Å². The Hall–Kier alpha value is -1.17. The molecule has 0 heterocycles. The van der Waals surface area contributed by atoms with Crippen molar-refractivity contribution in [3.63, 3.8) is 0 Å². The highest BCUT2D eigenvalue weighted by atomic mass is 19.1. The molecule has 12 heavy (non-hydrogen) atoms. The van der Waals surface area contributed by atoms with Crippen molar-refractivity contribution < 1.29 is 24.2 Å². The fourth-order valence-electron chi connectivity index (χ4n) is 0.637. The minimum Gasteiger partial charge on any atom is -0.481 e. The van der Waals surface area contributed by atoms with Gasteiger partial charge < -0.3 is 15.9 Å². The minimum absolute atomic E-state index is 0.388. The second-order valence-corrected chi connectivity index (χ2v) is 2.37. The van der Waals surface area contributed by atoms with Gasteiger partial charge in [-0.15, -0.1) is 0 Å². The van der Waals surface area contributed by atoms with Gasteiger partial charge in [-0.05, 0) is 6.42 Å². The van der Waals surface area contributed by atoms with E-state index in [4.69, 9.17) is 15.9 Å². The van der Waals surface area contributed by atoms with Gasteiger partial charge in [0.05, 0.1) is 5.92 Å². The molecular formula is C6H10FNO4. The van der Waals surface area contributed by atoms with Crippen LogP contribution in [0.2, 0.25) is 0 Å². The second-order valence-electron chi connectivity index (χ2n) is 2.37. The normalized spacial score (nSPS) is 15.2. The van der Waals surface area contributed by atoms with E-state index in [9.17, 15) is 14.0 Å². The first kappa shape index (κ1) is 10.8. The Kier molecular flexibility index (Phi) is 4.20. The van der Waals surface area contributed by atoms with E-state index < -0.39 is 30.6 Å². The molecule has 0 fully saturated rings. The van der Waals surface area contributed by atoms with Gasteiger partial charge in [-0.25, -0.2) is 0 Å². The van der Waals surface area contributed by atoms with E-state index in [0.29, 0.717) is 0 Å². The number of hydrogen-bond donors (Lipinski definition) is 3. The summed E-state index contributed by atoms with van der Waals surface area (Å²) < 4.78 is 11.9. The van der Waals surface area contributed by atoms with Crippen LogP contribution >= 0.6 is 0 Å². The number of carbonyl (C=O) groups is 2. The summed E-state index contributed by atoms with van der Waals surface area (Å²) in [5, 5.41) is 16.6. The van der Waals surface area contributed by atoms with Crippen LogP contribution in [0, 0.1) is 5.92 Å². The van der Waals surface area contributed by atoms with Gasteiger partial charge in [0.15, 0.2) is 0 Å². The highest BCUT2D eigenvalue weighted by Gasteiger charge is 2.23. The summed E-state index contributed by atoms with van der Waals surface area (Å²) in [5.74, 6) is -4.01. The SMILES string of the molecule is NC(CC(C[19F])C(=O)O)C(=O)O. The Balaban J connectivity index is 4.02. The molecule has 0 aromatic heterocycles. The van der Waals surface area contributed by atoms with Crippen molar-refractivity contribution in [3.8, 4) is 0 Å². The third-order valence-corrected chi connectivity index (χ3v) is 1.39. The predicted molar refractivity (Wildman–Crippen MR) is 37.3 cm³/mol. The van der Waals surface area contributed by atoms with Crippen molar-refractivity contribution in [3.05, 3.63) is 0 Å². The van der Waals surface area contributed by atoms with Crippen LogP contribution < -0.4 is 5.73 Å². The molecule has 0 spiro atoms. The maximum absolute atomic E-state index is 11.9. The number of rotatable bonds is 5. The number of nitrogens with two attached hydrogens (primary N) is 1. The standard InChI is InChI=1S/C6H10FNO4/c7-2-3(5(9)10)1-4(8)6(11)12/h3-4H,1-2,8H2,(H,9,10)(H,11,12)/i7+0. The molecule has 0 bridgehead atoms. The van der Waals surface area contributed by atoms with E-state index in [1.807, 2.05) is 0 Å². The monoisotopic (exact) mass is 179 g/mol. The lowest BCUT2D eigenvalue weighted by Gasteiger charge is -2.10. The number of halogens is 1. The van der Waals surface area contributed by atoms with Gasteiger partial charge in [-0.1, -0.05) is 0 Å². The largest absolute Gasteiger partial charge is 0.481 e. The Bertz CT molecular complexity index is 184. The van der Waals surface area contributed by atoms with Gasteiger partial charge in [-0.2, -0.15) is 0 Å². The maximum atomic E-state index is 11.9. The molecule has 0 aliphatic heterocycles. The van der Waals surface area contributed by atoms with Crippen LogP contribution in [0.15, 0.2) is 0 Å². The average molecular weight is 179 g/mol. The van der Waals surface area contributed by atoms with Crippen molar-refractivity contribution >= 4 is 11.9 Å². The molecular weight excluding hydrogens is 169 g/mol. The zero-order chi connectivity index (χ0) is 9.72. The topological polar surface area (TPSA) is 101 Å². The molecule has 0 amide bonds. The summed E-state index contributed by atoms with van der Waals surface area (Å²) in [6.45, 7) is -1.10. The van der Waals surface area contributed by atoms with Gasteiger partial charge in [0.1, 0.15) is 12.7 Å². The van der Waals surface area contributed by atoms with E-state index in [1.165, 1.54) is 0 Å². The quantitative estimate of drug-likeness (QED) is 0.526. The van der Waals surface area contributed by atoms with Crippen LogP contribution in [0.3, 0.4) is 0 Å². The van der Waals surface area contributed by atoms with Crippen LogP contribution in [0.25, 0.3) is 0 Å². The summed E-state index contributed by atoms with van der Waals surface area (Å²) >= 11 is 0. The summed E-state index contributed by atoms with van der Waals surface area (Å²) in [5.41, 5.74) is 5.00. The predicted octanol–water partition coefficient (Wildman–Crippen LogP) is -0.541. The molecule has 0 saturated carbocycles. The molecule has 2 unspecified atom stereocenters. The molecule has 0 rings (SSSR count). The number of carboxylic acids is 2. The first-order chi connectivity index (χ1) is 5.49. The molecule has 5 nitrogen and oxygen atoms in total. The van der Waals surface area contributed by atoms with Crippen LogP contribution in [-0.4, -0.2) is 34.9 Å². The Morgan fingerprint density at radius 1 is 1.33 bits per heavy atom. The van der Waals surface area contributed by atoms with Gasteiger partial charge in [0.2, 0.25) is 0 Å². The molecule has 0 aliphatic rings. The van der Waals surface area contributed by atoms with Crippen molar-refractivity contribution in [2.45, 2.75) is 12.5 Å². The molecule has 70 valence electrons. The molecule has 4 N–H and O–H groups in total. The lowest BCUT2D eigenvalue weighted by atomic mass is 10.0. The van der Waals surface area contributed by atoms with Crippen molar-refractivity contribution in [2.24, 2.45) is 11.7 Å². The van der Waals surface area contributed by atoms with E-state index in [1.54, 1.807) is 0 Å². The van der Waals surface area contributed by atoms with Crippen molar-refractivity contribution in [2.75, 3.05) is 6.67 Å². The minimum atomic E-state index is -1.37. The molecule has 0 radical (unpaired) electrons. The first-order valence-corrected chi connectivity index (χ1v) is 3.26. The number of aliphatic carboxylic acids is 2. The summed E-state index contributed by atoms with van der Waals surface area (Å²) in [7, 11) is 0. The van der Waals surface area contributed by atoms with Crippen LogP contribution in [-0.2, 0) is 9.59 Å². The molecule has 0 aromatic carbocycles. The Morgan fingerprint density at radius 3 is 2.08 bits per heavy atom. The molecule has 0 saturated heterocycles. The van der Waals surface area contributed by atoms with Crippen molar-refractivity contribution in [1.82, 2.24) is 0 Å². The van der Waals surface area contributed by atoms with Crippen LogP contribution in [0.5, 0.6) is 0 Å². The lowest BCUT2D eigenvalue weighted by Crippen LogP contribution is -2.35. The molecule has 0 aromatic rings. The summed E-state index contributed by atoms with van der Waals surface area (Å²) in [6, 6.07) is -1.32. The molecule has 6 heteroatoms. The third-order valence-electron chi connectivity index (χ3n) is 1.39. The fraction of sp³-hybridized carbons (Fsp3) is 0.667. The first-order valence-electron chi connectivity index (χ1n) is 3.26. The van der Waals surface area contributed by atoms with Gasteiger partial charge in [0, 0.05) is 0 Å².